The van der Waals surface area contributed by atoms with Crippen LogP contribution in [-0.2, 0) is 50.7 Å². The zero-order valence-electron chi connectivity index (χ0n) is 32.9. The third-order valence-electron chi connectivity index (χ3n) is 8.45. The summed E-state index contributed by atoms with van der Waals surface area (Å²) in [5.74, 6) is -1.15. The molecule has 3 heterocycles. The second kappa shape index (κ2) is 23.5. The summed E-state index contributed by atoms with van der Waals surface area (Å²) in [6, 6.07) is 0. The molecule has 10 N–H and O–H groups in total. The SMILES string of the molecule is CCCCCC/C=C/C=C/C(=O)SCCNC(=O)CCNC(=O)[C@H](O)C(C)(C)COP(=O)(O)OP(=O)(O)OC[C@H]1O[C@@H](n2cnc3c(N)ncnc32)[C@H](O)[C@@H]1OP(=O)(O)O. The topological polar surface area (TPSA) is 364 Å². The number of rotatable bonds is 26. The van der Waals surface area contributed by atoms with Gasteiger partial charge in [-0.15, -0.1) is 0 Å². The Bertz CT molecular complexity index is 1960. The smallest absolute Gasteiger partial charge is 0.386 e. The van der Waals surface area contributed by atoms with E-state index in [-0.39, 0.29) is 41.6 Å². The minimum Gasteiger partial charge on any atom is -0.386 e. The van der Waals surface area contributed by atoms with Crippen LogP contribution < -0.4 is 16.4 Å². The van der Waals surface area contributed by atoms with Crippen LogP contribution in [0.2, 0.25) is 0 Å². The summed E-state index contributed by atoms with van der Waals surface area (Å²) in [4.78, 5) is 87.7. The van der Waals surface area contributed by atoms with Crippen molar-refractivity contribution in [1.82, 2.24) is 30.2 Å². The number of fused-ring (bicyclic) bond motifs is 1. The highest BCUT2D eigenvalue weighted by atomic mass is 32.2. The summed E-state index contributed by atoms with van der Waals surface area (Å²) in [5, 5.41) is 26.3. The van der Waals surface area contributed by atoms with Gasteiger partial charge in [0, 0.05) is 30.7 Å². The Morgan fingerprint density at radius 2 is 1.75 bits per heavy atom. The highest BCUT2D eigenvalue weighted by Gasteiger charge is 2.50. The summed E-state index contributed by atoms with van der Waals surface area (Å²) in [6.07, 6.45) is 5.60. The standard InChI is InChI=1S/C32H52N7O17P3S/c1-4-5-6-7-8-9-10-11-12-23(41)60-16-15-34-22(40)13-14-35-30(44)27(43)32(2,3)18-53-59(50,51)56-58(48,49)52-17-21-26(55-57(45,46)47)25(42)31(54-21)39-20-38-24-28(33)36-19-37-29(24)39/h9-12,19-21,25-27,31,42-43H,4-8,13-18H2,1-3H3,(H,34,40)(H,35,44)(H,48,49)(H,50,51)(H2,33,36,37)(H2,45,46,47)/b10-9+,12-11+/t21-,25-,26-,27+,31-/m1/s1. The highest BCUT2D eigenvalue weighted by Crippen LogP contribution is 2.61. The molecule has 1 aliphatic heterocycles. The molecule has 338 valence electrons. The summed E-state index contributed by atoms with van der Waals surface area (Å²) in [6.45, 7) is 2.62. The van der Waals surface area contributed by atoms with Crippen molar-refractivity contribution in [3.63, 3.8) is 0 Å². The molecule has 0 spiro atoms. The van der Waals surface area contributed by atoms with Crippen LogP contribution >= 0.6 is 35.2 Å². The summed E-state index contributed by atoms with van der Waals surface area (Å²) < 4.78 is 62.2. The number of anilines is 1. The Hall–Kier alpha value is -2.96. The van der Waals surface area contributed by atoms with E-state index < -0.39 is 84.6 Å². The maximum Gasteiger partial charge on any atom is 0.481 e. The lowest BCUT2D eigenvalue weighted by molar-refractivity contribution is -0.137. The van der Waals surface area contributed by atoms with Crippen LogP contribution in [0.25, 0.3) is 11.2 Å². The summed E-state index contributed by atoms with van der Waals surface area (Å²) in [7, 11) is -16.4. The number of aliphatic hydroxyl groups is 2. The molecular formula is C32H52N7O17P3S. The number of imidazole rings is 1. The van der Waals surface area contributed by atoms with Gasteiger partial charge in [-0.05, 0) is 18.9 Å². The number of hydrogen-bond donors (Lipinski definition) is 9. The number of allylic oxidation sites excluding steroid dienone is 3. The van der Waals surface area contributed by atoms with Crippen molar-refractivity contribution >= 4 is 69.1 Å². The van der Waals surface area contributed by atoms with Crippen molar-refractivity contribution in [2.24, 2.45) is 5.41 Å². The van der Waals surface area contributed by atoms with E-state index in [0.717, 1.165) is 41.8 Å². The number of phosphoric acid groups is 3. The van der Waals surface area contributed by atoms with Gasteiger partial charge in [-0.2, -0.15) is 4.31 Å². The van der Waals surface area contributed by atoms with Gasteiger partial charge in [-0.3, -0.25) is 32.5 Å². The number of phosphoric ester groups is 3. The molecule has 1 aliphatic rings. The molecule has 2 aromatic heterocycles. The second-order valence-electron chi connectivity index (χ2n) is 13.9. The van der Waals surface area contributed by atoms with Crippen molar-refractivity contribution in [2.45, 2.75) is 89.9 Å². The average Bonchev–Trinajstić information content (AvgIpc) is 3.72. The summed E-state index contributed by atoms with van der Waals surface area (Å²) in [5.41, 5.74) is 4.26. The van der Waals surface area contributed by atoms with Crippen molar-refractivity contribution in [1.29, 1.82) is 0 Å². The lowest BCUT2D eigenvalue weighted by Crippen LogP contribution is -2.46. The quantitative estimate of drug-likeness (QED) is 0.0281. The monoisotopic (exact) mass is 931 g/mol. The van der Waals surface area contributed by atoms with Gasteiger partial charge in [0.15, 0.2) is 17.7 Å². The van der Waals surface area contributed by atoms with Crippen LogP contribution in [-0.4, -0.2) is 123 Å². The number of nitrogens with one attached hydrogen (secondary N) is 2. The van der Waals surface area contributed by atoms with E-state index in [0.29, 0.717) is 5.75 Å². The molecule has 0 radical (unpaired) electrons. The molecule has 0 aliphatic carbocycles. The van der Waals surface area contributed by atoms with Crippen LogP contribution in [0, 0.1) is 5.41 Å². The van der Waals surface area contributed by atoms with E-state index >= 15 is 0 Å². The van der Waals surface area contributed by atoms with E-state index in [2.05, 4.69) is 41.3 Å². The first-order valence-electron chi connectivity index (χ1n) is 18.4. The molecule has 2 unspecified atom stereocenters. The third-order valence-corrected chi connectivity index (χ3v) is 12.4. The lowest BCUT2D eigenvalue weighted by atomic mass is 9.87. The van der Waals surface area contributed by atoms with Crippen molar-refractivity contribution in [3.05, 3.63) is 37.0 Å². The molecule has 0 bridgehead atoms. The largest absolute Gasteiger partial charge is 0.481 e. The number of hydrogen-bond acceptors (Lipinski definition) is 18. The van der Waals surface area contributed by atoms with Gasteiger partial charge in [0.1, 0.15) is 36.3 Å². The zero-order chi connectivity index (χ0) is 44.7. The minimum absolute atomic E-state index is 0.0302. The van der Waals surface area contributed by atoms with Gasteiger partial charge in [0.05, 0.1) is 19.5 Å². The van der Waals surface area contributed by atoms with Gasteiger partial charge >= 0.3 is 23.5 Å². The Morgan fingerprint density at radius 3 is 2.45 bits per heavy atom. The Balaban J connectivity index is 1.42. The number of nitrogens with zero attached hydrogens (tertiary/aromatic N) is 4. The van der Waals surface area contributed by atoms with Gasteiger partial charge < -0.3 is 50.9 Å². The Morgan fingerprint density at radius 1 is 1.03 bits per heavy atom. The number of ether oxygens (including phenoxy) is 1. The van der Waals surface area contributed by atoms with Crippen LogP contribution in [0.5, 0.6) is 0 Å². The second-order valence-corrected chi connectivity index (χ2v) is 19.2. The number of nitrogens with two attached hydrogens (primary N) is 1. The Labute approximate surface area is 349 Å². The first-order chi connectivity index (χ1) is 28.1. The fraction of sp³-hybridized carbons (Fsp3) is 0.625. The minimum atomic E-state index is -5.57. The van der Waals surface area contributed by atoms with E-state index in [4.69, 9.17) is 19.5 Å². The van der Waals surface area contributed by atoms with Gasteiger partial charge in [0.2, 0.25) is 16.9 Å². The number of carbonyl (C=O) groups is 3. The maximum absolute atomic E-state index is 12.7. The van der Waals surface area contributed by atoms with Crippen LogP contribution in [0.4, 0.5) is 5.82 Å². The number of aromatic nitrogens is 4. The van der Waals surface area contributed by atoms with Gasteiger partial charge in [-0.1, -0.05) is 70.0 Å². The van der Waals surface area contributed by atoms with Crippen molar-refractivity contribution in [3.8, 4) is 0 Å². The number of amides is 2. The highest BCUT2D eigenvalue weighted by molar-refractivity contribution is 8.14. The van der Waals surface area contributed by atoms with Gasteiger partial charge in [-0.25, -0.2) is 28.6 Å². The van der Waals surface area contributed by atoms with E-state index in [9.17, 15) is 57.9 Å². The molecule has 60 heavy (non-hydrogen) atoms. The average molecular weight is 932 g/mol. The molecular weight excluding hydrogens is 879 g/mol. The molecule has 2 amide bonds. The zero-order valence-corrected chi connectivity index (χ0v) is 36.4. The number of unbranched alkanes of at least 4 members (excludes halogenated alkanes) is 4. The molecule has 3 rings (SSSR count). The fourth-order valence-electron chi connectivity index (χ4n) is 5.33. The molecule has 7 atom stereocenters. The molecule has 0 saturated carbocycles. The van der Waals surface area contributed by atoms with Crippen LogP contribution in [0.1, 0.15) is 65.5 Å². The first kappa shape index (κ1) is 51.4. The van der Waals surface area contributed by atoms with Crippen molar-refractivity contribution in [2.75, 3.05) is 37.8 Å². The molecule has 24 nitrogen and oxygen atoms in total. The fourth-order valence-corrected chi connectivity index (χ4v) is 8.74. The number of nitrogen functional groups attached to an aromatic ring is 1. The molecule has 2 aromatic rings. The number of carbonyl (C=O) groups excluding carboxylic acids is 3. The van der Waals surface area contributed by atoms with Crippen LogP contribution in [0.3, 0.4) is 0 Å². The molecule has 1 fully saturated rings. The number of aliphatic hydroxyl groups excluding tert-OH is 2. The van der Waals surface area contributed by atoms with E-state index in [1.807, 2.05) is 12.2 Å². The van der Waals surface area contributed by atoms with Gasteiger partial charge in [0.25, 0.3) is 0 Å². The molecule has 28 heteroatoms. The summed E-state index contributed by atoms with van der Waals surface area (Å²) >= 11 is 1.02. The van der Waals surface area contributed by atoms with Crippen LogP contribution in [0.15, 0.2) is 37.0 Å². The first-order valence-corrected chi connectivity index (χ1v) is 24.0. The third kappa shape index (κ3) is 17.1. The maximum atomic E-state index is 12.7. The van der Waals surface area contributed by atoms with Crippen molar-refractivity contribution < 1.29 is 80.5 Å². The number of thioether (sulfide) groups is 1. The van der Waals surface area contributed by atoms with E-state index in [1.54, 1.807) is 6.08 Å². The predicted octanol–water partition coefficient (Wildman–Crippen LogP) is 1.75. The van der Waals surface area contributed by atoms with E-state index in [1.165, 1.54) is 39.2 Å². The normalized spacial score (nSPS) is 21.3. The Kier molecular flexibility index (Phi) is 20.1. The predicted molar refractivity (Wildman–Crippen MR) is 214 cm³/mol. The lowest BCUT2D eigenvalue weighted by Gasteiger charge is -2.30. The molecule has 1 saturated heterocycles. The molecule has 0 aromatic carbocycles.